The summed E-state index contributed by atoms with van der Waals surface area (Å²) in [5, 5.41) is 23.7. The molecule has 1 saturated carbocycles. The predicted molar refractivity (Wildman–Crippen MR) is 121 cm³/mol. The van der Waals surface area contributed by atoms with Crippen LogP contribution in [0.1, 0.15) is 36.8 Å². The van der Waals surface area contributed by atoms with Gasteiger partial charge in [-0.25, -0.2) is 4.98 Å². The zero-order valence-electron chi connectivity index (χ0n) is 17.5. The summed E-state index contributed by atoms with van der Waals surface area (Å²) >= 11 is 1.58. The molecule has 1 N–H and O–H groups in total. The van der Waals surface area contributed by atoms with E-state index >= 15 is 0 Å². The quantitative estimate of drug-likeness (QED) is 0.664. The monoisotopic (exact) mass is 434 g/mol. The second-order valence-electron chi connectivity index (χ2n) is 7.93. The van der Waals surface area contributed by atoms with Gasteiger partial charge >= 0.3 is 0 Å². The van der Waals surface area contributed by atoms with Gasteiger partial charge in [-0.1, -0.05) is 30.3 Å². The third kappa shape index (κ3) is 5.57. The van der Waals surface area contributed by atoms with Crippen molar-refractivity contribution in [3.8, 4) is 23.3 Å². The summed E-state index contributed by atoms with van der Waals surface area (Å²) in [5.41, 5.74) is 2.49. The minimum Gasteiger partial charge on any atom is -0.381 e. The van der Waals surface area contributed by atoms with Gasteiger partial charge < -0.3 is 14.8 Å². The van der Waals surface area contributed by atoms with E-state index in [1.54, 1.807) is 11.8 Å². The number of nitriles is 2. The molecule has 6 nitrogen and oxygen atoms in total. The van der Waals surface area contributed by atoms with Gasteiger partial charge in [0.05, 0.1) is 18.8 Å². The maximum absolute atomic E-state index is 9.84. The summed E-state index contributed by atoms with van der Waals surface area (Å²) in [6.45, 7) is 3.54. The lowest BCUT2D eigenvalue weighted by Gasteiger charge is -2.25. The van der Waals surface area contributed by atoms with Crippen LogP contribution in [-0.4, -0.2) is 43.2 Å². The molecule has 3 fully saturated rings. The topological polar surface area (TPSA) is 91.0 Å². The Morgan fingerprint density at radius 2 is 1.71 bits per heavy atom. The van der Waals surface area contributed by atoms with Crippen molar-refractivity contribution in [2.24, 2.45) is 5.92 Å². The van der Waals surface area contributed by atoms with Crippen molar-refractivity contribution in [2.45, 2.75) is 36.8 Å². The molecule has 0 unspecified atom stereocenters. The fraction of sp³-hybridized carbons (Fsp3) is 0.458. The number of nitrogens with zero attached hydrogens (tertiary/aromatic N) is 3. The molecular weight excluding hydrogens is 408 g/mol. The highest BCUT2D eigenvalue weighted by Gasteiger charge is 2.27. The van der Waals surface area contributed by atoms with Crippen LogP contribution in [0.5, 0.6) is 0 Å². The molecule has 0 atom stereocenters. The molecule has 2 aromatic rings. The fourth-order valence-corrected chi connectivity index (χ4v) is 4.42. The van der Waals surface area contributed by atoms with Crippen molar-refractivity contribution in [2.75, 3.05) is 37.5 Å². The van der Waals surface area contributed by atoms with Gasteiger partial charge in [-0.3, -0.25) is 0 Å². The van der Waals surface area contributed by atoms with E-state index in [9.17, 15) is 10.5 Å². The molecule has 3 heterocycles. The lowest BCUT2D eigenvalue weighted by molar-refractivity contribution is -0.0196. The van der Waals surface area contributed by atoms with Gasteiger partial charge in [0.1, 0.15) is 28.5 Å². The maximum Gasteiger partial charge on any atom is 0.146 e. The van der Waals surface area contributed by atoms with Gasteiger partial charge in [0.2, 0.25) is 0 Å². The molecule has 1 aliphatic carbocycles. The first-order valence-electron chi connectivity index (χ1n) is 10.8. The highest BCUT2D eigenvalue weighted by atomic mass is 32.2. The number of rotatable bonds is 6. The molecule has 1 aromatic heterocycles. The van der Waals surface area contributed by atoms with Gasteiger partial charge in [-0.2, -0.15) is 10.5 Å². The molecule has 2 saturated heterocycles. The summed E-state index contributed by atoms with van der Waals surface area (Å²) < 4.78 is 10.2. The van der Waals surface area contributed by atoms with E-state index in [0.717, 1.165) is 50.6 Å². The molecule has 1 aromatic carbocycles. The zero-order valence-corrected chi connectivity index (χ0v) is 18.3. The number of hydrogen-bond donors (Lipinski definition) is 1. The van der Waals surface area contributed by atoms with Crippen LogP contribution in [0.3, 0.4) is 0 Å². The number of anilines is 1. The molecule has 0 radical (unpaired) electrons. The van der Waals surface area contributed by atoms with Crippen molar-refractivity contribution in [1.82, 2.24) is 4.98 Å². The third-order valence-electron chi connectivity index (χ3n) is 5.36. The van der Waals surface area contributed by atoms with Crippen LogP contribution in [-0.2, 0) is 9.47 Å². The second kappa shape index (κ2) is 10.6. The van der Waals surface area contributed by atoms with Crippen molar-refractivity contribution >= 4 is 17.6 Å². The average Bonchev–Trinajstić information content (AvgIpc) is 3.37. The largest absolute Gasteiger partial charge is 0.381 e. The summed E-state index contributed by atoms with van der Waals surface area (Å²) in [7, 11) is 0. The summed E-state index contributed by atoms with van der Waals surface area (Å²) in [6.07, 6.45) is 4.74. The maximum atomic E-state index is 9.84. The molecular formula is C24H26N4O2S. The standard InChI is InChI=1S/C20H18N4OS.C4H8O/c21-8-16-18(14-4-2-1-3-5-14)17(9-22)20(26-12-13-10-25-11-13)24-19(16)23-15-6-7-15;1-2-4-5-3-1/h1-5,13,15H,6-7,10-12H2,(H,23,24);1-4H2. The van der Waals surface area contributed by atoms with E-state index in [1.165, 1.54) is 12.8 Å². The predicted octanol–water partition coefficient (Wildman–Crippen LogP) is 4.60. The van der Waals surface area contributed by atoms with Crippen molar-refractivity contribution in [3.63, 3.8) is 0 Å². The molecule has 0 amide bonds. The molecule has 5 rings (SSSR count). The Hall–Kier alpha value is -2.58. The number of thioether (sulfide) groups is 1. The minimum absolute atomic E-state index is 0.379. The number of aromatic nitrogens is 1. The van der Waals surface area contributed by atoms with Crippen LogP contribution in [0.25, 0.3) is 11.1 Å². The third-order valence-corrected chi connectivity index (χ3v) is 6.57. The summed E-state index contributed by atoms with van der Waals surface area (Å²) in [4.78, 5) is 4.68. The van der Waals surface area contributed by atoms with Gasteiger partial charge in [-0.15, -0.1) is 11.8 Å². The average molecular weight is 435 g/mol. The first kappa shape index (κ1) is 21.6. The van der Waals surface area contributed by atoms with E-state index in [4.69, 9.17) is 9.47 Å². The van der Waals surface area contributed by atoms with E-state index in [1.807, 2.05) is 30.3 Å². The Morgan fingerprint density at radius 1 is 1.00 bits per heavy atom. The van der Waals surface area contributed by atoms with Crippen molar-refractivity contribution < 1.29 is 9.47 Å². The van der Waals surface area contributed by atoms with Crippen LogP contribution >= 0.6 is 11.8 Å². The normalized spacial score (nSPS) is 17.6. The van der Waals surface area contributed by atoms with E-state index in [-0.39, 0.29) is 0 Å². The lowest BCUT2D eigenvalue weighted by Crippen LogP contribution is -2.29. The van der Waals surface area contributed by atoms with E-state index in [0.29, 0.717) is 39.5 Å². The van der Waals surface area contributed by atoms with E-state index < -0.39 is 0 Å². The van der Waals surface area contributed by atoms with Gasteiger partial charge in [0.25, 0.3) is 0 Å². The summed E-state index contributed by atoms with van der Waals surface area (Å²) in [6, 6.07) is 14.6. The van der Waals surface area contributed by atoms with Crippen LogP contribution < -0.4 is 5.32 Å². The Labute approximate surface area is 187 Å². The summed E-state index contributed by atoms with van der Waals surface area (Å²) in [5.74, 6) is 1.97. The highest BCUT2D eigenvalue weighted by Crippen LogP contribution is 2.38. The minimum atomic E-state index is 0.379. The molecule has 3 aliphatic rings. The van der Waals surface area contributed by atoms with Crippen molar-refractivity contribution in [1.29, 1.82) is 10.5 Å². The molecule has 2 aliphatic heterocycles. The number of pyridine rings is 1. The SMILES string of the molecule is C1CCOC1.N#Cc1c(NC2CC2)nc(SCC2COC2)c(C#N)c1-c1ccccc1. The molecule has 31 heavy (non-hydrogen) atoms. The van der Waals surface area contributed by atoms with Gasteiger partial charge in [0.15, 0.2) is 0 Å². The van der Waals surface area contributed by atoms with Crippen molar-refractivity contribution in [3.05, 3.63) is 41.5 Å². The Kier molecular flexibility index (Phi) is 7.43. The number of hydrogen-bond acceptors (Lipinski definition) is 7. The number of nitrogens with one attached hydrogen (secondary N) is 1. The molecule has 0 bridgehead atoms. The zero-order chi connectivity index (χ0) is 21.5. The first-order chi connectivity index (χ1) is 15.3. The lowest BCUT2D eigenvalue weighted by atomic mass is 9.97. The number of ether oxygens (including phenoxy) is 2. The van der Waals surface area contributed by atoms with E-state index in [2.05, 4.69) is 22.4 Å². The van der Waals surface area contributed by atoms with Crippen LogP contribution in [0.15, 0.2) is 35.4 Å². The number of benzene rings is 1. The molecule has 0 spiro atoms. The smallest absolute Gasteiger partial charge is 0.146 e. The molecule has 160 valence electrons. The second-order valence-corrected chi connectivity index (χ2v) is 8.94. The molecule has 7 heteroatoms. The van der Waals surface area contributed by atoms with Crippen LogP contribution in [0.4, 0.5) is 5.82 Å². The van der Waals surface area contributed by atoms with Gasteiger partial charge in [0, 0.05) is 36.5 Å². The Bertz CT molecular complexity index is 964. The van der Waals surface area contributed by atoms with Crippen LogP contribution in [0.2, 0.25) is 0 Å². The Balaban J connectivity index is 0.000000407. The highest BCUT2D eigenvalue weighted by molar-refractivity contribution is 7.99. The first-order valence-corrected chi connectivity index (χ1v) is 11.8. The fourth-order valence-electron chi connectivity index (χ4n) is 3.39. The Morgan fingerprint density at radius 3 is 2.23 bits per heavy atom. The van der Waals surface area contributed by atoms with Gasteiger partial charge in [-0.05, 0) is 31.2 Å². The van der Waals surface area contributed by atoms with Crippen LogP contribution in [0, 0.1) is 28.6 Å².